The number of nitrogens with one attached hydrogen (secondary N) is 1. The van der Waals surface area contributed by atoms with Crippen molar-refractivity contribution in [1.29, 1.82) is 0 Å². The molecule has 6 nitrogen and oxygen atoms in total. The van der Waals surface area contributed by atoms with Gasteiger partial charge in [-0.15, -0.1) is 11.3 Å². The van der Waals surface area contributed by atoms with E-state index in [0.717, 1.165) is 0 Å². The Morgan fingerprint density at radius 3 is 2.32 bits per heavy atom. The molecule has 144 valence electrons. The van der Waals surface area contributed by atoms with Gasteiger partial charge < -0.3 is 9.47 Å². The van der Waals surface area contributed by atoms with Crippen LogP contribution in [0, 0.1) is 0 Å². The molecule has 0 aliphatic rings. The van der Waals surface area contributed by atoms with Crippen LogP contribution in [0.3, 0.4) is 0 Å². The Balaban J connectivity index is 1.86. The Kier molecular flexibility index (Phi) is 6.06. The van der Waals surface area contributed by atoms with Crippen molar-refractivity contribution < 1.29 is 19.1 Å². The van der Waals surface area contributed by atoms with Crippen LogP contribution in [-0.4, -0.2) is 22.8 Å². The van der Waals surface area contributed by atoms with Gasteiger partial charge in [-0.2, -0.15) is 0 Å². The molecule has 1 heterocycles. The fourth-order valence-electron chi connectivity index (χ4n) is 2.45. The third-order valence-corrected chi connectivity index (χ3v) is 4.35. The molecule has 0 saturated carbocycles. The first-order valence-corrected chi connectivity index (χ1v) is 9.60. The second kappa shape index (κ2) is 8.67. The minimum Gasteiger partial charge on any atom is -0.491 e. The smallest absolute Gasteiger partial charge is 0.257 e. The number of carbonyl (C=O) groups excluding carboxylic acids is 2. The maximum atomic E-state index is 12.6. The molecule has 1 aromatic heterocycles. The SMILES string of the molecule is CC(=O)c1ccc(Oc2cc(OC(C)C)cc(C(=O)Nc3nccs3)c2)cc1. The normalized spacial score (nSPS) is 10.6. The Bertz CT molecular complexity index is 967. The van der Waals surface area contributed by atoms with E-state index in [9.17, 15) is 9.59 Å². The van der Waals surface area contributed by atoms with Crippen LogP contribution in [-0.2, 0) is 0 Å². The molecule has 2 aromatic carbocycles. The van der Waals surface area contributed by atoms with Gasteiger partial charge in [-0.25, -0.2) is 4.98 Å². The molecule has 1 amide bonds. The lowest BCUT2D eigenvalue weighted by atomic mass is 10.1. The highest BCUT2D eigenvalue weighted by molar-refractivity contribution is 7.13. The predicted octanol–water partition coefficient (Wildman–Crippen LogP) is 5.18. The maximum absolute atomic E-state index is 12.6. The first-order valence-electron chi connectivity index (χ1n) is 8.72. The van der Waals surface area contributed by atoms with E-state index in [1.54, 1.807) is 54.0 Å². The standard InChI is InChI=1S/C21H20N2O4S/c1-13(2)26-18-10-16(20(25)23-21-22-8-9-28-21)11-19(12-18)27-17-6-4-15(5-7-17)14(3)24/h4-13H,1-3H3,(H,22,23,25). The summed E-state index contributed by atoms with van der Waals surface area (Å²) in [6.45, 7) is 5.32. The first kappa shape index (κ1) is 19.6. The van der Waals surface area contributed by atoms with Crippen molar-refractivity contribution >= 4 is 28.2 Å². The van der Waals surface area contributed by atoms with E-state index < -0.39 is 0 Å². The van der Waals surface area contributed by atoms with Crippen LogP contribution in [0.5, 0.6) is 17.2 Å². The molecular weight excluding hydrogens is 376 g/mol. The quantitative estimate of drug-likeness (QED) is 0.557. The Morgan fingerprint density at radius 2 is 1.71 bits per heavy atom. The molecule has 3 rings (SSSR count). The van der Waals surface area contributed by atoms with E-state index in [1.165, 1.54) is 18.3 Å². The number of ketones is 1. The van der Waals surface area contributed by atoms with E-state index in [0.29, 0.717) is 33.5 Å². The number of anilines is 1. The van der Waals surface area contributed by atoms with E-state index in [1.807, 2.05) is 13.8 Å². The number of benzene rings is 2. The van der Waals surface area contributed by atoms with Crippen molar-refractivity contribution in [3.63, 3.8) is 0 Å². The zero-order chi connectivity index (χ0) is 20.1. The summed E-state index contributed by atoms with van der Waals surface area (Å²) in [6.07, 6.45) is 1.57. The molecule has 28 heavy (non-hydrogen) atoms. The minimum atomic E-state index is -0.305. The van der Waals surface area contributed by atoms with Gasteiger partial charge in [0.05, 0.1) is 6.10 Å². The molecule has 0 aliphatic carbocycles. The largest absolute Gasteiger partial charge is 0.491 e. The van der Waals surface area contributed by atoms with Gasteiger partial charge in [0.2, 0.25) is 0 Å². The number of hydrogen-bond donors (Lipinski definition) is 1. The van der Waals surface area contributed by atoms with Gasteiger partial charge in [-0.1, -0.05) is 0 Å². The monoisotopic (exact) mass is 396 g/mol. The summed E-state index contributed by atoms with van der Waals surface area (Å²) in [5.74, 6) is 1.22. The van der Waals surface area contributed by atoms with Crippen molar-refractivity contribution in [2.45, 2.75) is 26.9 Å². The second-order valence-corrected chi connectivity index (χ2v) is 7.23. The summed E-state index contributed by atoms with van der Waals surface area (Å²) in [7, 11) is 0. The molecule has 0 fully saturated rings. The average Bonchev–Trinajstić information content (AvgIpc) is 3.14. The second-order valence-electron chi connectivity index (χ2n) is 6.33. The summed E-state index contributed by atoms with van der Waals surface area (Å²) in [4.78, 5) is 28.0. The molecule has 0 spiro atoms. The number of hydrogen-bond acceptors (Lipinski definition) is 6. The minimum absolute atomic E-state index is 0.0139. The molecule has 0 saturated heterocycles. The molecule has 0 unspecified atom stereocenters. The zero-order valence-electron chi connectivity index (χ0n) is 15.8. The number of nitrogens with zero attached hydrogens (tertiary/aromatic N) is 1. The van der Waals surface area contributed by atoms with Crippen LogP contribution in [0.25, 0.3) is 0 Å². The Labute approximate surface area is 167 Å². The number of rotatable bonds is 7. The lowest BCUT2D eigenvalue weighted by Crippen LogP contribution is -2.13. The fourth-order valence-corrected chi connectivity index (χ4v) is 2.97. The summed E-state index contributed by atoms with van der Waals surface area (Å²) < 4.78 is 11.6. The highest BCUT2D eigenvalue weighted by atomic mass is 32.1. The summed E-state index contributed by atoms with van der Waals surface area (Å²) in [6, 6.07) is 11.8. The van der Waals surface area contributed by atoms with Crippen molar-refractivity contribution in [1.82, 2.24) is 4.98 Å². The fraction of sp³-hybridized carbons (Fsp3) is 0.190. The van der Waals surface area contributed by atoms with Crippen LogP contribution in [0.1, 0.15) is 41.5 Å². The van der Waals surface area contributed by atoms with E-state index >= 15 is 0 Å². The lowest BCUT2D eigenvalue weighted by Gasteiger charge is -2.14. The molecule has 0 atom stereocenters. The molecule has 1 N–H and O–H groups in total. The summed E-state index contributed by atoms with van der Waals surface area (Å²) in [5, 5.41) is 5.05. The van der Waals surface area contributed by atoms with Crippen LogP contribution in [0.4, 0.5) is 5.13 Å². The first-order chi connectivity index (χ1) is 13.4. The molecule has 3 aromatic rings. The number of ether oxygens (including phenoxy) is 2. The lowest BCUT2D eigenvalue weighted by molar-refractivity contribution is 0.101. The number of carbonyl (C=O) groups is 2. The van der Waals surface area contributed by atoms with Crippen molar-refractivity contribution in [2.24, 2.45) is 0 Å². The van der Waals surface area contributed by atoms with Crippen molar-refractivity contribution in [2.75, 3.05) is 5.32 Å². The zero-order valence-corrected chi connectivity index (χ0v) is 16.6. The number of thiazole rings is 1. The Morgan fingerprint density at radius 1 is 1.00 bits per heavy atom. The number of aromatic nitrogens is 1. The topological polar surface area (TPSA) is 77.5 Å². The van der Waals surface area contributed by atoms with Crippen LogP contribution >= 0.6 is 11.3 Å². The van der Waals surface area contributed by atoms with Crippen molar-refractivity contribution in [3.8, 4) is 17.2 Å². The highest BCUT2D eigenvalue weighted by Gasteiger charge is 2.13. The van der Waals surface area contributed by atoms with Gasteiger partial charge in [-0.3, -0.25) is 14.9 Å². The van der Waals surface area contributed by atoms with E-state index in [4.69, 9.17) is 9.47 Å². The van der Waals surface area contributed by atoms with Crippen molar-refractivity contribution in [3.05, 3.63) is 65.2 Å². The summed E-state index contributed by atoms with van der Waals surface area (Å²) in [5.41, 5.74) is 0.997. The maximum Gasteiger partial charge on any atom is 0.257 e. The average molecular weight is 396 g/mol. The van der Waals surface area contributed by atoms with Gasteiger partial charge in [0.15, 0.2) is 10.9 Å². The van der Waals surface area contributed by atoms with Gasteiger partial charge in [-0.05, 0) is 57.2 Å². The van der Waals surface area contributed by atoms with Crippen LogP contribution in [0.15, 0.2) is 54.0 Å². The third-order valence-electron chi connectivity index (χ3n) is 3.66. The predicted molar refractivity (Wildman–Crippen MR) is 109 cm³/mol. The van der Waals surface area contributed by atoms with E-state index in [-0.39, 0.29) is 17.8 Å². The Hall–Kier alpha value is -3.19. The summed E-state index contributed by atoms with van der Waals surface area (Å²) >= 11 is 1.34. The molecule has 0 bridgehead atoms. The third kappa shape index (κ3) is 5.17. The molecule has 0 radical (unpaired) electrons. The van der Waals surface area contributed by atoms with Gasteiger partial charge in [0.1, 0.15) is 17.2 Å². The van der Waals surface area contributed by atoms with Gasteiger partial charge >= 0.3 is 0 Å². The van der Waals surface area contributed by atoms with E-state index in [2.05, 4.69) is 10.3 Å². The molecular formula is C21H20N2O4S. The number of Topliss-reactive ketones (excluding diaryl/α,β-unsaturated/α-hetero) is 1. The van der Waals surface area contributed by atoms with Crippen LogP contribution < -0.4 is 14.8 Å². The van der Waals surface area contributed by atoms with Gasteiger partial charge in [0, 0.05) is 28.8 Å². The van der Waals surface area contributed by atoms with Crippen LogP contribution in [0.2, 0.25) is 0 Å². The molecule has 7 heteroatoms. The van der Waals surface area contributed by atoms with Gasteiger partial charge in [0.25, 0.3) is 5.91 Å². The molecule has 0 aliphatic heterocycles. The highest BCUT2D eigenvalue weighted by Crippen LogP contribution is 2.29. The number of amides is 1.